The van der Waals surface area contributed by atoms with E-state index in [1.165, 1.54) is 29.5 Å². The fourth-order valence-corrected chi connectivity index (χ4v) is 4.14. The van der Waals surface area contributed by atoms with Crippen LogP contribution in [0.5, 0.6) is 0 Å². The summed E-state index contributed by atoms with van der Waals surface area (Å²) < 4.78 is 25.7. The average molecular weight is 337 g/mol. The molecule has 1 aliphatic heterocycles. The first-order valence-electron chi connectivity index (χ1n) is 8.12. The van der Waals surface area contributed by atoms with Gasteiger partial charge in [0.2, 0.25) is 0 Å². The van der Waals surface area contributed by atoms with Crippen LogP contribution in [0.3, 0.4) is 0 Å². The molecule has 0 atom stereocenters. The van der Waals surface area contributed by atoms with Crippen molar-refractivity contribution in [1.29, 1.82) is 0 Å². The van der Waals surface area contributed by atoms with E-state index in [1.807, 2.05) is 18.2 Å². The monoisotopic (exact) mass is 337 g/mol. The van der Waals surface area contributed by atoms with Crippen molar-refractivity contribution in [3.63, 3.8) is 0 Å². The lowest BCUT2D eigenvalue weighted by Crippen LogP contribution is -1.96. The van der Waals surface area contributed by atoms with E-state index in [2.05, 4.69) is 35.0 Å². The molecule has 2 heterocycles. The van der Waals surface area contributed by atoms with Gasteiger partial charge in [-0.3, -0.25) is 0 Å². The predicted molar refractivity (Wildman–Crippen MR) is 96.7 cm³/mol. The molecule has 1 aliphatic rings. The van der Waals surface area contributed by atoms with E-state index in [0.29, 0.717) is 4.90 Å². The van der Waals surface area contributed by atoms with Crippen LogP contribution in [0.15, 0.2) is 65.7 Å². The molecule has 0 spiro atoms. The Morgan fingerprint density at radius 3 is 2.29 bits per heavy atom. The van der Waals surface area contributed by atoms with Gasteiger partial charge >= 0.3 is 0 Å². The van der Waals surface area contributed by atoms with Gasteiger partial charge in [0.05, 0.1) is 4.90 Å². The largest absolute Gasteiger partial charge is 0.351 e. The molecular formula is C20H19NO2S. The van der Waals surface area contributed by atoms with Crippen LogP contribution in [0, 0.1) is 0 Å². The summed E-state index contributed by atoms with van der Waals surface area (Å²) in [6.07, 6.45) is 5.72. The molecule has 4 heteroatoms. The topological polar surface area (TPSA) is 39.1 Å². The third-order valence-corrected chi connectivity index (χ3v) is 5.83. The van der Waals surface area contributed by atoms with Gasteiger partial charge < -0.3 is 4.57 Å². The van der Waals surface area contributed by atoms with Crippen molar-refractivity contribution in [2.45, 2.75) is 24.3 Å². The highest BCUT2D eigenvalue weighted by atomic mass is 32.2. The lowest BCUT2D eigenvalue weighted by atomic mass is 9.94. The second-order valence-corrected chi connectivity index (χ2v) is 8.33. The van der Waals surface area contributed by atoms with Crippen LogP contribution in [-0.2, 0) is 22.8 Å². The van der Waals surface area contributed by atoms with E-state index in [9.17, 15) is 8.42 Å². The Morgan fingerprint density at radius 1 is 0.875 bits per heavy atom. The number of benzene rings is 2. The highest BCUT2D eigenvalue weighted by molar-refractivity contribution is 7.90. The van der Waals surface area contributed by atoms with Crippen molar-refractivity contribution in [1.82, 2.24) is 4.57 Å². The molecule has 3 aromatic rings. The zero-order valence-electron chi connectivity index (χ0n) is 13.6. The zero-order valence-corrected chi connectivity index (χ0v) is 14.4. The Morgan fingerprint density at radius 2 is 1.58 bits per heavy atom. The molecule has 24 heavy (non-hydrogen) atoms. The Balaban J connectivity index is 1.82. The Kier molecular flexibility index (Phi) is 3.57. The first kappa shape index (κ1) is 15.2. The number of aryl methyl sites for hydroxylation is 1. The molecule has 0 fully saturated rings. The Bertz CT molecular complexity index is 998. The summed E-state index contributed by atoms with van der Waals surface area (Å²) in [5.41, 5.74) is 6.07. The standard InChI is InChI=1S/C20H19NO2S/c1-24(22,23)16-10-8-15(9-11-16)17-5-2-3-6-18(17)19-12-14-21-13-4-7-20(19)21/h2-3,5-6,8-12,14H,4,7,13H2,1H3. The van der Waals surface area contributed by atoms with Gasteiger partial charge in [0.1, 0.15) is 0 Å². The van der Waals surface area contributed by atoms with Gasteiger partial charge in [-0.2, -0.15) is 0 Å². The smallest absolute Gasteiger partial charge is 0.175 e. The molecule has 0 saturated carbocycles. The summed E-state index contributed by atoms with van der Waals surface area (Å²) >= 11 is 0. The lowest BCUT2D eigenvalue weighted by molar-refractivity contribution is 0.602. The van der Waals surface area contributed by atoms with Crippen LogP contribution in [0.25, 0.3) is 22.3 Å². The van der Waals surface area contributed by atoms with Crippen LogP contribution < -0.4 is 0 Å². The molecular weight excluding hydrogens is 318 g/mol. The molecule has 1 aromatic heterocycles. The molecule has 0 radical (unpaired) electrons. The van der Waals surface area contributed by atoms with Crippen LogP contribution in [0.4, 0.5) is 0 Å². The Labute approximate surface area is 142 Å². The summed E-state index contributed by atoms with van der Waals surface area (Å²) in [7, 11) is -3.17. The first-order chi connectivity index (χ1) is 11.5. The van der Waals surface area contributed by atoms with Crippen LogP contribution in [0.2, 0.25) is 0 Å². The average Bonchev–Trinajstić information content (AvgIpc) is 3.17. The molecule has 3 nitrogen and oxygen atoms in total. The van der Waals surface area contributed by atoms with Gasteiger partial charge in [-0.05, 0) is 47.7 Å². The molecule has 0 amide bonds. The second kappa shape index (κ2) is 5.64. The molecule has 2 aromatic carbocycles. The molecule has 0 saturated heterocycles. The molecule has 122 valence electrons. The maximum Gasteiger partial charge on any atom is 0.175 e. The third-order valence-electron chi connectivity index (χ3n) is 4.70. The van der Waals surface area contributed by atoms with Gasteiger partial charge in [-0.15, -0.1) is 0 Å². The summed E-state index contributed by atoms with van der Waals surface area (Å²) in [4.78, 5) is 0.355. The Hall–Kier alpha value is -2.33. The van der Waals surface area contributed by atoms with E-state index in [4.69, 9.17) is 0 Å². The number of aromatic nitrogens is 1. The van der Waals surface area contributed by atoms with E-state index < -0.39 is 9.84 Å². The quantitative estimate of drug-likeness (QED) is 0.719. The number of sulfone groups is 1. The first-order valence-corrected chi connectivity index (χ1v) is 10.0. The third kappa shape index (κ3) is 2.57. The number of hydrogen-bond donors (Lipinski definition) is 0. The van der Waals surface area contributed by atoms with Crippen molar-refractivity contribution < 1.29 is 8.42 Å². The summed E-state index contributed by atoms with van der Waals surface area (Å²) in [5.74, 6) is 0. The normalized spacial score (nSPS) is 13.9. The van der Waals surface area contributed by atoms with Gasteiger partial charge in [0, 0.05) is 30.3 Å². The van der Waals surface area contributed by atoms with E-state index in [-0.39, 0.29) is 0 Å². The predicted octanol–water partition coefficient (Wildman–Crippen LogP) is 4.17. The van der Waals surface area contributed by atoms with Crippen LogP contribution in [0.1, 0.15) is 12.1 Å². The van der Waals surface area contributed by atoms with E-state index >= 15 is 0 Å². The lowest BCUT2D eigenvalue weighted by Gasteiger charge is -2.11. The molecule has 0 N–H and O–H groups in total. The maximum absolute atomic E-state index is 11.7. The van der Waals surface area contributed by atoms with Crippen LogP contribution in [-0.4, -0.2) is 19.2 Å². The fraction of sp³-hybridized carbons (Fsp3) is 0.200. The van der Waals surface area contributed by atoms with Gasteiger partial charge in [0.15, 0.2) is 9.84 Å². The second-order valence-electron chi connectivity index (χ2n) is 6.32. The van der Waals surface area contributed by atoms with Crippen molar-refractivity contribution in [2.24, 2.45) is 0 Å². The zero-order chi connectivity index (χ0) is 16.7. The minimum Gasteiger partial charge on any atom is -0.351 e. The number of hydrogen-bond acceptors (Lipinski definition) is 2. The fourth-order valence-electron chi connectivity index (χ4n) is 3.51. The maximum atomic E-state index is 11.7. The van der Waals surface area contributed by atoms with Crippen molar-refractivity contribution in [3.8, 4) is 22.3 Å². The minimum absolute atomic E-state index is 0.355. The van der Waals surface area contributed by atoms with Gasteiger partial charge in [-0.1, -0.05) is 36.4 Å². The summed E-state index contributed by atoms with van der Waals surface area (Å²) in [6.45, 7) is 1.10. The highest BCUT2D eigenvalue weighted by Gasteiger charge is 2.18. The minimum atomic E-state index is -3.17. The van der Waals surface area contributed by atoms with Crippen LogP contribution >= 0.6 is 0 Å². The molecule has 0 aliphatic carbocycles. The van der Waals surface area contributed by atoms with Crippen molar-refractivity contribution in [3.05, 3.63) is 66.5 Å². The number of nitrogens with zero attached hydrogens (tertiary/aromatic N) is 1. The van der Waals surface area contributed by atoms with Gasteiger partial charge in [0.25, 0.3) is 0 Å². The van der Waals surface area contributed by atoms with Crippen molar-refractivity contribution >= 4 is 9.84 Å². The molecule has 0 bridgehead atoms. The summed E-state index contributed by atoms with van der Waals surface area (Å²) in [5, 5.41) is 0. The summed E-state index contributed by atoms with van der Waals surface area (Å²) in [6, 6.07) is 17.7. The van der Waals surface area contributed by atoms with Gasteiger partial charge in [-0.25, -0.2) is 8.42 Å². The molecule has 4 rings (SSSR count). The number of rotatable bonds is 3. The van der Waals surface area contributed by atoms with Crippen molar-refractivity contribution in [2.75, 3.05) is 6.26 Å². The SMILES string of the molecule is CS(=O)(=O)c1ccc(-c2ccccc2-c2ccn3c2CCC3)cc1. The number of fused-ring (bicyclic) bond motifs is 1. The molecule has 0 unspecified atom stereocenters. The highest BCUT2D eigenvalue weighted by Crippen LogP contribution is 2.36. The van der Waals surface area contributed by atoms with E-state index in [1.54, 1.807) is 12.1 Å². The van der Waals surface area contributed by atoms with E-state index in [0.717, 1.165) is 24.1 Å².